The van der Waals surface area contributed by atoms with Gasteiger partial charge in [-0.25, -0.2) is 4.39 Å². The summed E-state index contributed by atoms with van der Waals surface area (Å²) in [4.78, 5) is 40.4. The number of aliphatic carboxylic acids is 1. The zero-order valence-corrected chi connectivity index (χ0v) is 38.6. The molecule has 12 nitrogen and oxygen atoms in total. The third-order valence-corrected chi connectivity index (χ3v) is 15.9. The molecule has 13 heteroatoms. The van der Waals surface area contributed by atoms with Crippen molar-refractivity contribution in [1.29, 1.82) is 0 Å². The third-order valence-electron chi connectivity index (χ3n) is 15.9. The Kier molecular flexibility index (Phi) is 14.9. The Balaban J connectivity index is 1.25. The minimum atomic E-state index is -1.42. The van der Waals surface area contributed by atoms with Crippen molar-refractivity contribution in [2.24, 2.45) is 41.4 Å². The second kappa shape index (κ2) is 19.0. The van der Waals surface area contributed by atoms with Crippen molar-refractivity contribution in [3.8, 4) is 0 Å². The fourth-order valence-electron chi connectivity index (χ4n) is 11.5. The number of benzene rings is 1. The molecule has 4 saturated heterocycles. The first-order valence-corrected chi connectivity index (χ1v) is 23.5. The molecule has 0 saturated carbocycles. The highest BCUT2D eigenvalue weighted by atomic mass is 19.1. The van der Waals surface area contributed by atoms with Gasteiger partial charge in [0.15, 0.2) is 11.6 Å². The van der Waals surface area contributed by atoms with Crippen LogP contribution >= 0.6 is 0 Å². The predicted octanol–water partition coefficient (Wildman–Crippen LogP) is 7.76. The van der Waals surface area contributed by atoms with Gasteiger partial charge in [-0.05, 0) is 114 Å². The molecular weight excluding hydrogens is 798 g/mol. The van der Waals surface area contributed by atoms with Gasteiger partial charge in [0.25, 0.3) is 5.91 Å². The van der Waals surface area contributed by atoms with Gasteiger partial charge in [-0.2, -0.15) is 0 Å². The van der Waals surface area contributed by atoms with E-state index in [1.54, 1.807) is 6.92 Å². The molecule has 1 aromatic carbocycles. The molecule has 5 aliphatic rings. The average Bonchev–Trinajstić information content (AvgIpc) is 3.58. The van der Waals surface area contributed by atoms with Gasteiger partial charge in [0.2, 0.25) is 0 Å². The van der Waals surface area contributed by atoms with Crippen LogP contribution < -0.4 is 5.32 Å². The van der Waals surface area contributed by atoms with E-state index in [4.69, 9.17) is 23.7 Å². The maximum Gasteiger partial charge on any atom is 0.309 e. The van der Waals surface area contributed by atoms with Crippen LogP contribution in [0.1, 0.15) is 144 Å². The normalized spacial score (nSPS) is 41.0. The largest absolute Gasteiger partial charge is 0.481 e. The van der Waals surface area contributed by atoms with Crippen LogP contribution in [0.25, 0.3) is 0 Å². The minimum Gasteiger partial charge on any atom is -0.481 e. The molecule has 4 fully saturated rings. The molecule has 62 heavy (non-hydrogen) atoms. The Morgan fingerprint density at radius 3 is 2.18 bits per heavy atom. The molecule has 5 heterocycles. The number of hydrogen-bond donors (Lipinski definition) is 4. The highest BCUT2D eigenvalue weighted by Gasteiger charge is 2.63. The quantitative estimate of drug-likeness (QED) is 0.135. The van der Waals surface area contributed by atoms with E-state index in [1.165, 1.54) is 24.3 Å². The lowest BCUT2D eigenvalue weighted by Gasteiger charge is -2.55. The van der Waals surface area contributed by atoms with Crippen LogP contribution in [0.2, 0.25) is 0 Å². The number of carboxylic acid groups (broad SMARTS) is 1. The number of ether oxygens (including phenoxy) is 5. The fraction of sp³-hybridized carbons (Fsp3) is 0.776. The lowest BCUT2D eigenvalue weighted by molar-refractivity contribution is -0.397. The first-order valence-electron chi connectivity index (χ1n) is 23.5. The second-order valence-electron chi connectivity index (χ2n) is 19.9. The Bertz CT molecular complexity index is 1780. The van der Waals surface area contributed by atoms with Crippen molar-refractivity contribution < 1.29 is 57.8 Å². The molecule has 0 radical (unpaired) electrons. The topological polar surface area (TPSA) is 170 Å². The van der Waals surface area contributed by atoms with Gasteiger partial charge in [-0.15, -0.1) is 0 Å². The van der Waals surface area contributed by atoms with E-state index in [1.807, 2.05) is 53.7 Å². The van der Waals surface area contributed by atoms with Gasteiger partial charge < -0.3 is 44.3 Å². The zero-order chi connectivity index (χ0) is 45.5. The fourth-order valence-corrected chi connectivity index (χ4v) is 11.5. The number of aliphatic hydroxyl groups is 2. The Morgan fingerprint density at radius 1 is 0.887 bits per heavy atom. The van der Waals surface area contributed by atoms with Gasteiger partial charge >= 0.3 is 5.97 Å². The lowest BCUT2D eigenvalue weighted by atomic mass is 9.72. The summed E-state index contributed by atoms with van der Waals surface area (Å²) in [7, 11) is 0. The molecule has 0 aromatic heterocycles. The number of aliphatic hydroxyl groups excluding tert-OH is 1. The van der Waals surface area contributed by atoms with Gasteiger partial charge in [0, 0.05) is 35.7 Å². The molecule has 0 aliphatic carbocycles. The van der Waals surface area contributed by atoms with Crippen molar-refractivity contribution in [1.82, 2.24) is 5.32 Å². The maximum absolute atomic E-state index is 14.7. The maximum atomic E-state index is 14.7. The van der Waals surface area contributed by atoms with Crippen molar-refractivity contribution in [3.05, 3.63) is 47.8 Å². The van der Waals surface area contributed by atoms with Crippen LogP contribution in [0.4, 0.5) is 4.39 Å². The minimum absolute atomic E-state index is 0.0520. The number of carboxylic acids is 1. The second-order valence-corrected chi connectivity index (χ2v) is 19.9. The molecule has 1 amide bonds. The number of nitrogens with one attached hydrogen (secondary N) is 1. The Morgan fingerprint density at radius 2 is 1.56 bits per heavy atom. The summed E-state index contributed by atoms with van der Waals surface area (Å²) >= 11 is 0. The monoisotopic (exact) mass is 872 g/mol. The molecule has 5 aliphatic heterocycles. The molecule has 348 valence electrons. The van der Waals surface area contributed by atoms with Crippen LogP contribution in [0.5, 0.6) is 0 Å². The standard InChI is InChI=1S/C49H74FNO11/c1-11-35(45(55)56)37-19-14-27(4)42(59-37)31(8)40(52)30(7)41(53)36(12-2)43-28(5)26-29(6)48(60-43)23-20-38(51-44(54)33-15-17-34(50)18-16-33)49(62-48)25-24-46(10,61-49)39-21-22-47(57,13-3)32(9)58-39/h15-18,20,23,27-32,35-40,42-43,52,57H,11-14,19,21-22,24-26H2,1-10H3,(H,51,54)(H,55,56)/t27-,28-,29+,30-,31-,32-,35+,36?,37+,38+,39+,40+,42+,43-,46-,47+,48-,49-/m0/s1. The van der Waals surface area contributed by atoms with Crippen molar-refractivity contribution in [2.75, 3.05) is 0 Å². The smallest absolute Gasteiger partial charge is 0.309 e. The van der Waals surface area contributed by atoms with E-state index in [0.717, 1.165) is 6.42 Å². The van der Waals surface area contributed by atoms with E-state index in [-0.39, 0.29) is 35.2 Å². The molecule has 6 rings (SSSR count). The number of hydrogen-bond acceptors (Lipinski definition) is 10. The zero-order valence-electron chi connectivity index (χ0n) is 38.6. The summed E-state index contributed by atoms with van der Waals surface area (Å²) in [6.07, 6.45) is 5.96. The average molecular weight is 872 g/mol. The molecule has 1 aromatic rings. The number of amides is 1. The number of Topliss-reactive ketones (excluding diaryl/α,β-unsaturated/α-hetero) is 1. The molecular formula is C49H74FNO11. The Labute approximate surface area is 368 Å². The first kappa shape index (κ1) is 48.7. The molecule has 2 spiro atoms. The van der Waals surface area contributed by atoms with Gasteiger partial charge in [-0.1, -0.05) is 61.5 Å². The van der Waals surface area contributed by atoms with Gasteiger partial charge in [-0.3, -0.25) is 14.4 Å². The highest BCUT2D eigenvalue weighted by Crippen LogP contribution is 2.54. The van der Waals surface area contributed by atoms with E-state index in [9.17, 15) is 34.1 Å². The van der Waals surface area contributed by atoms with E-state index in [0.29, 0.717) is 57.8 Å². The lowest BCUT2D eigenvalue weighted by Crippen LogP contribution is -2.65. The summed E-state index contributed by atoms with van der Waals surface area (Å²) in [6.45, 7) is 19.5. The number of halogens is 1. The first-order chi connectivity index (χ1) is 29.2. The molecule has 1 unspecified atom stereocenters. The van der Waals surface area contributed by atoms with Crippen LogP contribution in [0.15, 0.2) is 36.4 Å². The van der Waals surface area contributed by atoms with Gasteiger partial charge in [0.05, 0.1) is 53.7 Å². The third kappa shape index (κ3) is 9.33. The summed E-state index contributed by atoms with van der Waals surface area (Å²) in [5, 5.41) is 36.0. The van der Waals surface area contributed by atoms with Crippen LogP contribution in [0.3, 0.4) is 0 Å². The SMILES string of the molecule is CCC(C(=O)[C@@H](C)[C@@H](O)[C@H](C)[C@@H]1O[C@@H]([C@@H](CC)C(=O)O)CC[C@@H]1C)[C@H]1O[C@]2(C=C[C@@H](NC(=O)c3ccc(F)cc3)[C@]3(CC[C@@](C)([C@H]4CC[C@](O)(CC)[C@H](C)O4)O3)O2)[C@H](C)C[C@@H]1C. The predicted molar refractivity (Wildman–Crippen MR) is 230 cm³/mol. The number of carbonyl (C=O) groups is 3. The molecule has 4 N–H and O–H groups in total. The number of rotatable bonds is 14. The number of ketones is 1. The number of carbonyl (C=O) groups excluding carboxylic acids is 2. The van der Waals surface area contributed by atoms with Crippen molar-refractivity contribution in [3.63, 3.8) is 0 Å². The van der Waals surface area contributed by atoms with Crippen LogP contribution in [-0.4, -0.2) is 98.4 Å². The highest BCUT2D eigenvalue weighted by molar-refractivity contribution is 5.94. The Hall–Kier alpha value is -2.78. The molecule has 0 bridgehead atoms. The van der Waals surface area contributed by atoms with E-state index >= 15 is 0 Å². The summed E-state index contributed by atoms with van der Waals surface area (Å²) in [6, 6.07) is 4.56. The summed E-state index contributed by atoms with van der Waals surface area (Å²) < 4.78 is 48.3. The van der Waals surface area contributed by atoms with Crippen LogP contribution in [0, 0.1) is 47.2 Å². The van der Waals surface area contributed by atoms with Crippen LogP contribution in [-0.2, 0) is 33.3 Å². The molecule has 18 atom stereocenters. The van der Waals surface area contributed by atoms with Crippen molar-refractivity contribution >= 4 is 17.7 Å². The summed E-state index contributed by atoms with van der Waals surface area (Å²) in [5.41, 5.74) is -1.52. The van der Waals surface area contributed by atoms with E-state index < -0.39 is 101 Å². The summed E-state index contributed by atoms with van der Waals surface area (Å²) in [5.74, 6) is -7.23. The van der Waals surface area contributed by atoms with Gasteiger partial charge in [0.1, 0.15) is 17.6 Å². The van der Waals surface area contributed by atoms with Crippen molar-refractivity contribution in [2.45, 2.75) is 199 Å². The van der Waals surface area contributed by atoms with E-state index in [2.05, 4.69) is 26.1 Å².